The number of aliphatic carboxylic acids is 1. The van der Waals surface area contributed by atoms with Crippen molar-refractivity contribution in [3.63, 3.8) is 0 Å². The molecule has 2 unspecified atom stereocenters. The van der Waals surface area contributed by atoms with Gasteiger partial charge in [-0.05, 0) is 69.5 Å². The van der Waals surface area contributed by atoms with Gasteiger partial charge in [0.15, 0.2) is 0 Å². The molecule has 2 rings (SSSR count). The van der Waals surface area contributed by atoms with E-state index in [9.17, 15) is 24.3 Å². The Morgan fingerprint density at radius 2 is 1.00 bits per heavy atom. The molecule has 0 aromatic rings. The first-order chi connectivity index (χ1) is 17.6. The van der Waals surface area contributed by atoms with Crippen LogP contribution in [0.5, 0.6) is 0 Å². The van der Waals surface area contributed by atoms with Crippen molar-refractivity contribution >= 4 is 23.9 Å². The highest BCUT2D eigenvalue weighted by Gasteiger charge is 2.48. The number of carboxylic acids is 1. The van der Waals surface area contributed by atoms with Crippen molar-refractivity contribution in [2.24, 2.45) is 11.8 Å². The number of methoxy groups -OCH3 is 1. The van der Waals surface area contributed by atoms with Gasteiger partial charge in [0.05, 0.1) is 31.8 Å². The monoisotopic (exact) mass is 554 g/mol. The molecule has 0 aromatic heterocycles. The summed E-state index contributed by atoms with van der Waals surface area (Å²) in [6.45, 7) is 16.5. The van der Waals surface area contributed by atoms with E-state index in [0.717, 1.165) is 0 Å². The Kier molecular flexibility index (Phi) is 9.93. The SMILES string of the molecule is COC(=O)CC(C(=O)OC1CC(C)(C)N(C)C(C)(C)C1)C(CC(=O)O)C(=O)OC1CC(C)(C)N(C)C(C)(C)C1. The number of piperidine rings is 2. The maximum Gasteiger partial charge on any atom is 0.310 e. The molecule has 2 atom stereocenters. The average Bonchev–Trinajstić information content (AvgIpc) is 2.76. The number of likely N-dealkylation sites (tertiary alicyclic amines) is 2. The molecule has 10 heteroatoms. The Morgan fingerprint density at radius 3 is 1.28 bits per heavy atom. The minimum atomic E-state index is -1.40. The van der Waals surface area contributed by atoms with E-state index in [2.05, 4.69) is 65.2 Å². The van der Waals surface area contributed by atoms with Crippen molar-refractivity contribution in [1.82, 2.24) is 9.80 Å². The molecule has 0 radical (unpaired) electrons. The second-order valence-electron chi connectivity index (χ2n) is 13.9. The lowest BCUT2D eigenvalue weighted by Crippen LogP contribution is -2.60. The van der Waals surface area contributed by atoms with Gasteiger partial charge in [0.2, 0.25) is 0 Å². The molecule has 0 aromatic carbocycles. The first-order valence-electron chi connectivity index (χ1n) is 13.8. The van der Waals surface area contributed by atoms with Crippen LogP contribution in [-0.4, -0.2) is 94.4 Å². The maximum atomic E-state index is 13.6. The van der Waals surface area contributed by atoms with Gasteiger partial charge in [-0.3, -0.25) is 29.0 Å². The van der Waals surface area contributed by atoms with E-state index < -0.39 is 60.8 Å². The standard InChI is InChI=1S/C29H50N2O8/c1-26(2)14-18(15-27(3,4)30(26)9)38-24(35)20(12-22(32)33)21(13-23(34)37-11)25(36)39-19-16-28(5,6)31(10)29(7,8)17-19/h18-21H,12-17H2,1-11H3,(H,32,33). The van der Waals surface area contributed by atoms with Crippen LogP contribution >= 0.6 is 0 Å². The molecule has 2 saturated heterocycles. The van der Waals surface area contributed by atoms with Crippen LogP contribution in [0.4, 0.5) is 0 Å². The van der Waals surface area contributed by atoms with E-state index in [4.69, 9.17) is 14.2 Å². The minimum Gasteiger partial charge on any atom is -0.481 e. The zero-order valence-corrected chi connectivity index (χ0v) is 25.8. The minimum absolute atomic E-state index is 0.266. The summed E-state index contributed by atoms with van der Waals surface area (Å²) in [5, 5.41) is 9.66. The number of rotatable bonds is 9. The number of hydrogen-bond donors (Lipinski definition) is 1. The van der Waals surface area contributed by atoms with Gasteiger partial charge in [0.1, 0.15) is 12.2 Å². The highest BCUT2D eigenvalue weighted by Crippen LogP contribution is 2.40. The van der Waals surface area contributed by atoms with Gasteiger partial charge in [-0.25, -0.2) is 0 Å². The van der Waals surface area contributed by atoms with Crippen molar-refractivity contribution in [2.75, 3.05) is 21.2 Å². The van der Waals surface area contributed by atoms with E-state index in [1.165, 1.54) is 7.11 Å². The van der Waals surface area contributed by atoms with Gasteiger partial charge in [-0.1, -0.05) is 0 Å². The lowest BCUT2D eigenvalue weighted by atomic mass is 9.78. The molecular weight excluding hydrogens is 504 g/mol. The Balaban J connectivity index is 2.33. The van der Waals surface area contributed by atoms with Gasteiger partial charge in [0, 0.05) is 47.8 Å². The third-order valence-corrected chi connectivity index (χ3v) is 9.21. The Labute approximate surface area is 233 Å². The molecule has 2 aliphatic heterocycles. The van der Waals surface area contributed by atoms with Crippen LogP contribution in [-0.2, 0) is 33.4 Å². The third kappa shape index (κ3) is 7.93. The zero-order valence-electron chi connectivity index (χ0n) is 25.8. The van der Waals surface area contributed by atoms with Gasteiger partial charge in [0.25, 0.3) is 0 Å². The summed E-state index contributed by atoms with van der Waals surface area (Å²) in [7, 11) is 5.24. The predicted molar refractivity (Wildman–Crippen MR) is 146 cm³/mol. The number of carboxylic acid groups (broad SMARTS) is 1. The van der Waals surface area contributed by atoms with E-state index in [-0.39, 0.29) is 22.2 Å². The molecule has 10 nitrogen and oxygen atoms in total. The number of carbonyl (C=O) groups is 4. The van der Waals surface area contributed by atoms with Gasteiger partial charge in [-0.2, -0.15) is 0 Å². The summed E-state index contributed by atoms with van der Waals surface area (Å²) in [6.07, 6.45) is 0.116. The predicted octanol–water partition coefficient (Wildman–Crippen LogP) is 3.65. The van der Waals surface area contributed by atoms with Crippen molar-refractivity contribution in [3.8, 4) is 0 Å². The fraction of sp³-hybridized carbons (Fsp3) is 0.862. The Hall–Kier alpha value is -2.20. The fourth-order valence-electron chi connectivity index (χ4n) is 6.46. The molecule has 0 amide bonds. The summed E-state index contributed by atoms with van der Waals surface area (Å²) in [6, 6.07) is 0. The number of hydrogen-bond acceptors (Lipinski definition) is 9. The van der Waals surface area contributed by atoms with Crippen molar-refractivity contribution in [3.05, 3.63) is 0 Å². The lowest BCUT2D eigenvalue weighted by Gasteiger charge is -2.53. The summed E-state index contributed by atoms with van der Waals surface area (Å²) < 4.78 is 16.6. The van der Waals surface area contributed by atoms with Crippen LogP contribution in [0.2, 0.25) is 0 Å². The molecule has 0 aliphatic carbocycles. The molecule has 2 heterocycles. The van der Waals surface area contributed by atoms with Crippen LogP contribution in [0.3, 0.4) is 0 Å². The van der Waals surface area contributed by atoms with Crippen molar-refractivity contribution < 1.29 is 38.5 Å². The molecule has 0 spiro atoms. The Bertz CT molecular complexity index is 906. The zero-order chi connectivity index (χ0) is 30.1. The molecule has 224 valence electrons. The highest BCUT2D eigenvalue weighted by molar-refractivity contribution is 5.88. The van der Waals surface area contributed by atoms with Crippen LogP contribution < -0.4 is 0 Å². The number of ether oxygens (including phenoxy) is 3. The van der Waals surface area contributed by atoms with Crippen molar-refractivity contribution in [1.29, 1.82) is 0 Å². The summed E-state index contributed by atoms with van der Waals surface area (Å²) >= 11 is 0. The summed E-state index contributed by atoms with van der Waals surface area (Å²) in [5.74, 6) is -6.34. The van der Waals surface area contributed by atoms with E-state index >= 15 is 0 Å². The van der Waals surface area contributed by atoms with Crippen LogP contribution in [0, 0.1) is 11.8 Å². The number of esters is 3. The summed E-state index contributed by atoms with van der Waals surface area (Å²) in [5.41, 5.74) is -1.07. The van der Waals surface area contributed by atoms with E-state index in [1.807, 2.05) is 14.1 Å². The topological polar surface area (TPSA) is 123 Å². The largest absolute Gasteiger partial charge is 0.481 e. The fourth-order valence-corrected chi connectivity index (χ4v) is 6.46. The first-order valence-corrected chi connectivity index (χ1v) is 13.8. The number of carbonyl (C=O) groups excluding carboxylic acids is 3. The molecule has 39 heavy (non-hydrogen) atoms. The molecule has 0 bridgehead atoms. The van der Waals surface area contributed by atoms with Crippen LogP contribution in [0.1, 0.15) is 93.9 Å². The normalized spacial score (nSPS) is 24.8. The third-order valence-electron chi connectivity index (χ3n) is 9.21. The van der Waals surface area contributed by atoms with E-state index in [1.54, 1.807) is 0 Å². The van der Waals surface area contributed by atoms with Crippen molar-refractivity contribution in [2.45, 2.75) is 128 Å². The van der Waals surface area contributed by atoms with Crippen LogP contribution in [0.25, 0.3) is 0 Å². The van der Waals surface area contributed by atoms with Crippen LogP contribution in [0.15, 0.2) is 0 Å². The van der Waals surface area contributed by atoms with Gasteiger partial charge < -0.3 is 19.3 Å². The lowest BCUT2D eigenvalue weighted by molar-refractivity contribution is -0.179. The summed E-state index contributed by atoms with van der Waals surface area (Å²) in [4.78, 5) is 55.8. The van der Waals surface area contributed by atoms with Gasteiger partial charge >= 0.3 is 23.9 Å². The Morgan fingerprint density at radius 1 is 0.692 bits per heavy atom. The second-order valence-corrected chi connectivity index (χ2v) is 13.9. The molecule has 1 N–H and O–H groups in total. The van der Waals surface area contributed by atoms with Gasteiger partial charge in [-0.15, -0.1) is 0 Å². The quantitative estimate of drug-likeness (QED) is 0.334. The molecule has 2 fully saturated rings. The maximum absolute atomic E-state index is 13.6. The number of nitrogens with zero attached hydrogens (tertiary/aromatic N) is 2. The second kappa shape index (κ2) is 11.7. The highest BCUT2D eigenvalue weighted by atomic mass is 16.6. The smallest absolute Gasteiger partial charge is 0.310 e. The molecular formula is C29H50N2O8. The molecule has 0 saturated carbocycles. The first kappa shape index (κ1) is 33.0. The van der Waals surface area contributed by atoms with E-state index in [0.29, 0.717) is 25.7 Å². The molecule has 2 aliphatic rings. The average molecular weight is 555 g/mol.